The summed E-state index contributed by atoms with van der Waals surface area (Å²) in [5, 5.41) is 17.3. The number of nitrogens with one attached hydrogen (secondary N) is 1. The van der Waals surface area contributed by atoms with Gasteiger partial charge in [0.1, 0.15) is 5.82 Å². The van der Waals surface area contributed by atoms with Gasteiger partial charge in [0.25, 0.3) is 5.91 Å². The number of amides is 1. The molecule has 7 nitrogen and oxygen atoms in total. The summed E-state index contributed by atoms with van der Waals surface area (Å²) < 4.78 is 2.27. The molecule has 1 aromatic carbocycles. The van der Waals surface area contributed by atoms with Crippen LogP contribution in [0.2, 0.25) is 0 Å². The first kappa shape index (κ1) is 21.6. The molecule has 0 unspecified atom stereocenters. The van der Waals surface area contributed by atoms with E-state index in [1.54, 1.807) is 11.6 Å². The maximum Gasteiger partial charge on any atom is 0.267 e. The Bertz CT molecular complexity index is 846. The lowest BCUT2D eigenvalue weighted by atomic mass is 10.2. The molecule has 1 heterocycles. The fourth-order valence-corrected chi connectivity index (χ4v) is 3.22. The number of likely N-dealkylation sites (N-methyl/N-ethyl adjacent to an activating group) is 1. The highest BCUT2D eigenvalue weighted by Crippen LogP contribution is 2.20. The monoisotopic (exact) mass is 383 g/mol. The minimum absolute atomic E-state index is 0.567. The lowest BCUT2D eigenvalue weighted by molar-refractivity contribution is -0.124. The highest BCUT2D eigenvalue weighted by molar-refractivity contribution is 5.91. The van der Waals surface area contributed by atoms with E-state index in [0.717, 1.165) is 67.9 Å². The first-order valence-electron chi connectivity index (χ1n) is 9.83. The lowest BCUT2D eigenvalue weighted by Crippen LogP contribution is -2.27. The third-order valence-electron chi connectivity index (χ3n) is 4.86. The average Bonchev–Trinajstić information content (AvgIpc) is 3.06. The number of imidazole rings is 1. The van der Waals surface area contributed by atoms with Crippen LogP contribution in [0.25, 0.3) is 17.1 Å². The van der Waals surface area contributed by atoms with Crippen molar-refractivity contribution < 1.29 is 10.0 Å². The molecule has 0 aliphatic heterocycles. The van der Waals surface area contributed by atoms with E-state index < -0.39 is 5.91 Å². The maximum atomic E-state index is 11.2. The molecular formula is C21H29N5O2. The fourth-order valence-electron chi connectivity index (χ4n) is 3.22. The number of aryl methyl sites for hydroxylation is 1. The van der Waals surface area contributed by atoms with E-state index in [2.05, 4.69) is 29.4 Å². The second-order valence-electron chi connectivity index (χ2n) is 6.63. The summed E-state index contributed by atoms with van der Waals surface area (Å²) >= 11 is 0. The van der Waals surface area contributed by atoms with Gasteiger partial charge < -0.3 is 9.47 Å². The molecule has 2 aromatic rings. The van der Waals surface area contributed by atoms with Crippen LogP contribution in [0.15, 0.2) is 24.3 Å². The van der Waals surface area contributed by atoms with Crippen LogP contribution < -0.4 is 5.48 Å². The van der Waals surface area contributed by atoms with Crippen molar-refractivity contribution >= 4 is 23.0 Å². The smallest absolute Gasteiger partial charge is 0.267 e. The van der Waals surface area contributed by atoms with Gasteiger partial charge in [0.2, 0.25) is 0 Å². The summed E-state index contributed by atoms with van der Waals surface area (Å²) in [5.74, 6) is 0.470. The number of carbonyl (C=O) groups excluding carboxylic acids is 1. The Morgan fingerprint density at radius 3 is 2.82 bits per heavy atom. The molecule has 28 heavy (non-hydrogen) atoms. The normalized spacial score (nSPS) is 11.4. The standard InChI is InChI=1S/C21H29N5O2/c1-3-25(4-2)14-15-26-19-11-9-17(10-12-21(27)24-28)16-18(19)23-20(26)8-6-5-7-13-22/h9-12,16,28H,3-8,14-15H2,1-2H3,(H,24,27). The number of hydroxylamine groups is 1. The first-order valence-corrected chi connectivity index (χ1v) is 9.83. The van der Waals surface area contributed by atoms with Gasteiger partial charge in [0, 0.05) is 32.0 Å². The molecule has 0 saturated carbocycles. The number of hydrogen-bond donors (Lipinski definition) is 2. The number of hydrogen-bond acceptors (Lipinski definition) is 5. The Morgan fingerprint density at radius 2 is 2.14 bits per heavy atom. The molecule has 0 radical (unpaired) electrons. The molecule has 0 fully saturated rings. The molecule has 0 saturated heterocycles. The van der Waals surface area contributed by atoms with Gasteiger partial charge in [-0.05, 0) is 49.7 Å². The van der Waals surface area contributed by atoms with Crippen LogP contribution in [0.5, 0.6) is 0 Å². The molecule has 2 rings (SSSR count). The number of carbonyl (C=O) groups is 1. The molecule has 0 bridgehead atoms. The van der Waals surface area contributed by atoms with Crippen LogP contribution in [0.3, 0.4) is 0 Å². The quantitative estimate of drug-likeness (QED) is 0.269. The van der Waals surface area contributed by atoms with Crippen LogP contribution in [-0.4, -0.2) is 45.2 Å². The van der Waals surface area contributed by atoms with Crippen LogP contribution in [-0.2, 0) is 17.8 Å². The van der Waals surface area contributed by atoms with Gasteiger partial charge in [-0.25, -0.2) is 10.5 Å². The molecule has 150 valence electrons. The zero-order chi connectivity index (χ0) is 20.4. The highest BCUT2D eigenvalue weighted by atomic mass is 16.5. The van der Waals surface area contributed by atoms with Crippen molar-refractivity contribution in [3.05, 3.63) is 35.7 Å². The van der Waals surface area contributed by atoms with Crippen molar-refractivity contribution in [3.63, 3.8) is 0 Å². The SMILES string of the molecule is CCN(CC)CCn1c(CCCCC#N)nc2cc(C=CC(=O)NO)ccc21. The van der Waals surface area contributed by atoms with E-state index in [1.165, 1.54) is 6.08 Å². The van der Waals surface area contributed by atoms with Gasteiger partial charge in [-0.3, -0.25) is 10.0 Å². The Balaban J connectivity index is 2.28. The summed E-state index contributed by atoms with van der Waals surface area (Å²) in [6, 6.07) is 8.11. The second kappa shape index (κ2) is 11.2. The predicted octanol–water partition coefficient (Wildman–Crippen LogP) is 3.13. The minimum Gasteiger partial charge on any atom is -0.327 e. The molecule has 2 N–H and O–H groups in total. The van der Waals surface area contributed by atoms with E-state index in [1.807, 2.05) is 18.2 Å². The van der Waals surface area contributed by atoms with Crippen molar-refractivity contribution in [2.45, 2.75) is 46.1 Å². The molecule has 1 amide bonds. The zero-order valence-electron chi connectivity index (χ0n) is 16.7. The summed E-state index contributed by atoms with van der Waals surface area (Å²) in [7, 11) is 0. The van der Waals surface area contributed by atoms with E-state index in [0.29, 0.717) is 6.42 Å². The van der Waals surface area contributed by atoms with Crippen molar-refractivity contribution in [2.75, 3.05) is 19.6 Å². The molecular weight excluding hydrogens is 354 g/mol. The number of fused-ring (bicyclic) bond motifs is 1. The van der Waals surface area contributed by atoms with Gasteiger partial charge in [-0.15, -0.1) is 0 Å². The lowest BCUT2D eigenvalue weighted by Gasteiger charge is -2.19. The first-order chi connectivity index (χ1) is 13.6. The number of benzene rings is 1. The molecule has 0 spiro atoms. The predicted molar refractivity (Wildman–Crippen MR) is 110 cm³/mol. The van der Waals surface area contributed by atoms with E-state index in [9.17, 15) is 4.79 Å². The Kier molecular flexibility index (Phi) is 8.66. The third kappa shape index (κ3) is 5.91. The van der Waals surface area contributed by atoms with Gasteiger partial charge in [-0.2, -0.15) is 5.26 Å². The van der Waals surface area contributed by atoms with Crippen LogP contribution in [0.4, 0.5) is 0 Å². The van der Waals surface area contributed by atoms with Gasteiger partial charge >= 0.3 is 0 Å². The zero-order valence-corrected chi connectivity index (χ0v) is 16.7. The van der Waals surface area contributed by atoms with Crippen LogP contribution in [0.1, 0.15) is 44.5 Å². The molecule has 1 aromatic heterocycles. The minimum atomic E-state index is -0.567. The van der Waals surface area contributed by atoms with Crippen LogP contribution >= 0.6 is 0 Å². The fraction of sp³-hybridized carbons (Fsp3) is 0.476. The molecule has 7 heteroatoms. The summed E-state index contributed by atoms with van der Waals surface area (Å²) in [6.07, 6.45) is 6.15. The van der Waals surface area contributed by atoms with Crippen molar-refractivity contribution in [1.29, 1.82) is 5.26 Å². The highest BCUT2D eigenvalue weighted by Gasteiger charge is 2.12. The van der Waals surface area contributed by atoms with E-state index >= 15 is 0 Å². The topological polar surface area (TPSA) is 94.2 Å². The third-order valence-corrected chi connectivity index (χ3v) is 4.86. The Hall–Kier alpha value is -2.69. The molecule has 0 aliphatic rings. The summed E-state index contributed by atoms with van der Waals surface area (Å²) in [5.41, 5.74) is 4.40. The van der Waals surface area contributed by atoms with Gasteiger partial charge in [-0.1, -0.05) is 19.9 Å². The Morgan fingerprint density at radius 1 is 1.36 bits per heavy atom. The van der Waals surface area contributed by atoms with Crippen molar-refractivity contribution in [1.82, 2.24) is 19.9 Å². The van der Waals surface area contributed by atoms with Gasteiger partial charge in [0.15, 0.2) is 0 Å². The number of unbranched alkanes of at least 4 members (excludes halogenated alkanes) is 2. The number of nitriles is 1. The van der Waals surface area contributed by atoms with E-state index in [4.69, 9.17) is 15.5 Å². The molecule has 0 atom stereocenters. The summed E-state index contributed by atoms with van der Waals surface area (Å²) in [4.78, 5) is 18.4. The van der Waals surface area contributed by atoms with Crippen LogP contribution in [0, 0.1) is 11.3 Å². The Labute approximate surface area is 166 Å². The van der Waals surface area contributed by atoms with Crippen molar-refractivity contribution in [2.24, 2.45) is 0 Å². The summed E-state index contributed by atoms with van der Waals surface area (Å²) in [6.45, 7) is 8.19. The largest absolute Gasteiger partial charge is 0.327 e. The van der Waals surface area contributed by atoms with Gasteiger partial charge in [0.05, 0.1) is 17.1 Å². The van der Waals surface area contributed by atoms with Crippen molar-refractivity contribution in [3.8, 4) is 6.07 Å². The molecule has 0 aliphatic carbocycles. The van der Waals surface area contributed by atoms with E-state index in [-0.39, 0.29) is 0 Å². The number of aromatic nitrogens is 2. The number of rotatable bonds is 11. The second-order valence-corrected chi connectivity index (χ2v) is 6.63. The number of nitrogens with zero attached hydrogens (tertiary/aromatic N) is 4. The maximum absolute atomic E-state index is 11.2. The average molecular weight is 383 g/mol.